The Balaban J connectivity index is 1.09. The number of hydrogen-bond acceptors (Lipinski definition) is 6. The Morgan fingerprint density at radius 1 is 1.06 bits per heavy atom. The molecule has 0 bridgehead atoms. The predicted octanol–water partition coefficient (Wildman–Crippen LogP) is 2.65. The molecule has 3 amide bonds. The van der Waals surface area contributed by atoms with Crippen LogP contribution in [0.15, 0.2) is 54.7 Å². The van der Waals surface area contributed by atoms with Crippen LogP contribution in [0.4, 0.5) is 0 Å². The zero-order valence-electron chi connectivity index (χ0n) is 19.3. The van der Waals surface area contributed by atoms with E-state index in [0.29, 0.717) is 24.3 Å². The van der Waals surface area contributed by atoms with Crippen LogP contribution in [0.25, 0.3) is 10.9 Å². The highest BCUT2D eigenvalue weighted by molar-refractivity contribution is 6.05. The van der Waals surface area contributed by atoms with Crippen molar-refractivity contribution in [2.75, 3.05) is 13.1 Å². The number of nitrogens with one attached hydrogen (secondary N) is 1. The molecule has 1 unspecified atom stereocenters. The lowest BCUT2D eigenvalue weighted by Crippen LogP contribution is -2.52. The zero-order valence-corrected chi connectivity index (χ0v) is 19.3. The van der Waals surface area contributed by atoms with E-state index in [0.717, 1.165) is 42.5 Å². The molecule has 2 atom stereocenters. The van der Waals surface area contributed by atoms with Gasteiger partial charge in [-0.3, -0.25) is 29.6 Å². The number of carbonyl (C=O) groups is 3. The van der Waals surface area contributed by atoms with E-state index in [1.807, 2.05) is 36.5 Å². The fraction of sp³-hybridized carbons (Fsp3) is 0.333. The molecular formula is C27H26N4O4. The molecule has 3 aliphatic rings. The normalized spacial score (nSPS) is 22.5. The summed E-state index contributed by atoms with van der Waals surface area (Å²) in [6, 6.07) is 15.3. The van der Waals surface area contributed by atoms with Gasteiger partial charge >= 0.3 is 0 Å². The maximum atomic E-state index is 13.1. The van der Waals surface area contributed by atoms with Gasteiger partial charge in [-0.25, -0.2) is 0 Å². The summed E-state index contributed by atoms with van der Waals surface area (Å²) in [7, 11) is 0. The molecule has 2 aromatic carbocycles. The van der Waals surface area contributed by atoms with Crippen molar-refractivity contribution in [1.29, 1.82) is 0 Å². The lowest BCUT2D eigenvalue weighted by Gasteiger charge is -2.29. The number of imide groups is 1. The Bertz CT molecular complexity index is 1340. The number of piperidine rings is 1. The number of benzene rings is 2. The van der Waals surface area contributed by atoms with Crippen molar-refractivity contribution < 1.29 is 19.1 Å². The molecule has 0 spiro atoms. The number of ether oxygens (including phenoxy) is 1. The predicted molar refractivity (Wildman–Crippen MR) is 129 cm³/mol. The first-order valence-electron chi connectivity index (χ1n) is 12.0. The molecule has 6 rings (SSSR count). The molecule has 3 aromatic rings. The smallest absolute Gasteiger partial charge is 0.255 e. The molecule has 1 N–H and O–H groups in total. The minimum Gasteiger partial charge on any atom is -0.489 e. The Morgan fingerprint density at radius 2 is 1.94 bits per heavy atom. The highest BCUT2D eigenvalue weighted by Crippen LogP contribution is 2.31. The van der Waals surface area contributed by atoms with Crippen molar-refractivity contribution in [2.45, 2.75) is 44.5 Å². The zero-order chi connectivity index (χ0) is 23.9. The fourth-order valence-corrected chi connectivity index (χ4v) is 5.30. The van der Waals surface area contributed by atoms with E-state index in [4.69, 9.17) is 4.74 Å². The number of carbonyl (C=O) groups excluding carboxylic acids is 3. The third-order valence-electron chi connectivity index (χ3n) is 7.08. The van der Waals surface area contributed by atoms with Gasteiger partial charge in [0.2, 0.25) is 11.8 Å². The second-order valence-electron chi connectivity index (χ2n) is 9.52. The summed E-state index contributed by atoms with van der Waals surface area (Å²) in [6.07, 6.45) is 3.51. The average molecular weight is 471 g/mol. The number of amides is 3. The number of para-hydroxylation sites is 1. The largest absolute Gasteiger partial charge is 0.489 e. The van der Waals surface area contributed by atoms with Gasteiger partial charge < -0.3 is 9.64 Å². The van der Waals surface area contributed by atoms with Crippen molar-refractivity contribution in [2.24, 2.45) is 0 Å². The van der Waals surface area contributed by atoms with Crippen LogP contribution >= 0.6 is 0 Å². The molecule has 1 aromatic heterocycles. The van der Waals surface area contributed by atoms with Crippen LogP contribution < -0.4 is 10.1 Å². The molecule has 0 saturated carbocycles. The number of pyridine rings is 1. The van der Waals surface area contributed by atoms with Crippen LogP contribution in [0, 0.1) is 0 Å². The van der Waals surface area contributed by atoms with E-state index >= 15 is 0 Å². The molecule has 178 valence electrons. The van der Waals surface area contributed by atoms with Gasteiger partial charge in [-0.2, -0.15) is 0 Å². The number of hydrogen-bond donors (Lipinski definition) is 1. The third kappa shape index (κ3) is 4.25. The van der Waals surface area contributed by atoms with Crippen LogP contribution in [0.2, 0.25) is 0 Å². The fourth-order valence-electron chi connectivity index (χ4n) is 5.30. The molecule has 2 fully saturated rings. The topological polar surface area (TPSA) is 91.8 Å². The number of likely N-dealkylation sites (tertiary alicyclic amines) is 1. The van der Waals surface area contributed by atoms with Crippen LogP contribution in [0.1, 0.15) is 40.7 Å². The SMILES string of the molecule is O=C1CCC(N2Cc3ccc(O[C@H]4CCN(Cc5cnc6ccccc6c5)C4)cc3C2=O)C(=O)N1. The van der Waals surface area contributed by atoms with Crippen molar-refractivity contribution in [1.82, 2.24) is 20.1 Å². The Kier molecular flexibility index (Phi) is 5.45. The highest BCUT2D eigenvalue weighted by Gasteiger charge is 2.39. The number of fused-ring (bicyclic) bond motifs is 2. The van der Waals surface area contributed by atoms with Crippen LogP contribution in [0.3, 0.4) is 0 Å². The Morgan fingerprint density at radius 3 is 2.83 bits per heavy atom. The molecule has 8 heteroatoms. The van der Waals surface area contributed by atoms with Crippen molar-refractivity contribution in [3.8, 4) is 5.75 Å². The molecule has 2 saturated heterocycles. The van der Waals surface area contributed by atoms with Gasteiger partial charge in [0.1, 0.15) is 17.9 Å². The average Bonchev–Trinajstić information content (AvgIpc) is 3.43. The van der Waals surface area contributed by atoms with E-state index in [1.54, 1.807) is 11.0 Å². The number of nitrogens with zero attached hydrogens (tertiary/aromatic N) is 3. The standard InChI is InChI=1S/C27H26N4O4/c32-25-8-7-24(26(33)29-25)31-15-19-5-6-20(12-22(19)27(31)34)35-21-9-10-30(16-21)14-17-11-18-3-1-2-4-23(18)28-13-17/h1-6,11-13,21,24H,7-10,14-16H2,(H,29,32,33)/t21-,24?/m0/s1. The van der Waals surface area contributed by atoms with Gasteiger partial charge in [-0.1, -0.05) is 24.3 Å². The summed E-state index contributed by atoms with van der Waals surface area (Å²) >= 11 is 0. The van der Waals surface area contributed by atoms with E-state index < -0.39 is 11.9 Å². The molecular weight excluding hydrogens is 444 g/mol. The lowest BCUT2D eigenvalue weighted by atomic mass is 10.0. The summed E-state index contributed by atoms with van der Waals surface area (Å²) < 4.78 is 6.25. The maximum absolute atomic E-state index is 13.1. The van der Waals surface area contributed by atoms with Crippen LogP contribution in [-0.2, 0) is 22.7 Å². The monoisotopic (exact) mass is 470 g/mol. The van der Waals surface area contributed by atoms with Crippen LogP contribution in [-0.4, -0.2) is 57.7 Å². The van der Waals surface area contributed by atoms with Gasteiger partial charge in [-0.05, 0) is 48.2 Å². The summed E-state index contributed by atoms with van der Waals surface area (Å²) in [5.74, 6) is -0.196. The van der Waals surface area contributed by atoms with Crippen molar-refractivity contribution in [3.05, 3.63) is 71.4 Å². The van der Waals surface area contributed by atoms with Gasteiger partial charge in [0.25, 0.3) is 5.91 Å². The van der Waals surface area contributed by atoms with E-state index in [2.05, 4.69) is 27.3 Å². The molecule has 0 aliphatic carbocycles. The molecule has 35 heavy (non-hydrogen) atoms. The lowest BCUT2D eigenvalue weighted by molar-refractivity contribution is -0.136. The van der Waals surface area contributed by atoms with Crippen molar-refractivity contribution in [3.63, 3.8) is 0 Å². The molecule has 0 radical (unpaired) electrons. The number of rotatable bonds is 5. The maximum Gasteiger partial charge on any atom is 0.255 e. The summed E-state index contributed by atoms with van der Waals surface area (Å²) in [4.78, 5) is 45.3. The Hall–Kier alpha value is -3.78. The van der Waals surface area contributed by atoms with Gasteiger partial charge in [-0.15, -0.1) is 0 Å². The molecule has 4 heterocycles. The first-order valence-corrected chi connectivity index (χ1v) is 12.0. The quantitative estimate of drug-likeness (QED) is 0.577. The summed E-state index contributed by atoms with van der Waals surface area (Å²) in [6.45, 7) is 2.93. The second kappa shape index (κ2) is 8.78. The number of aromatic nitrogens is 1. The summed E-state index contributed by atoms with van der Waals surface area (Å²) in [5.41, 5.74) is 3.63. The molecule has 8 nitrogen and oxygen atoms in total. The first kappa shape index (κ1) is 21.7. The second-order valence-corrected chi connectivity index (χ2v) is 9.52. The van der Waals surface area contributed by atoms with E-state index in [1.165, 1.54) is 5.56 Å². The first-order chi connectivity index (χ1) is 17.0. The van der Waals surface area contributed by atoms with Gasteiger partial charge in [0.15, 0.2) is 0 Å². The van der Waals surface area contributed by atoms with Gasteiger partial charge in [0.05, 0.1) is 5.52 Å². The van der Waals surface area contributed by atoms with Gasteiger partial charge in [0, 0.05) is 49.7 Å². The summed E-state index contributed by atoms with van der Waals surface area (Å²) in [5, 5.41) is 3.48. The molecule has 3 aliphatic heterocycles. The highest BCUT2D eigenvalue weighted by atomic mass is 16.5. The van der Waals surface area contributed by atoms with E-state index in [9.17, 15) is 14.4 Å². The minimum absolute atomic E-state index is 0.0456. The third-order valence-corrected chi connectivity index (χ3v) is 7.08. The minimum atomic E-state index is -0.607. The Labute approximate surface area is 202 Å². The van der Waals surface area contributed by atoms with E-state index in [-0.39, 0.29) is 24.3 Å². The van der Waals surface area contributed by atoms with Crippen LogP contribution in [0.5, 0.6) is 5.75 Å². The van der Waals surface area contributed by atoms with Crippen molar-refractivity contribution >= 4 is 28.6 Å².